The van der Waals surface area contributed by atoms with Crippen LogP contribution in [0, 0.1) is 11.3 Å². The van der Waals surface area contributed by atoms with Gasteiger partial charge in [-0.2, -0.15) is 0 Å². The number of hydrogen-bond donors (Lipinski definition) is 0. The van der Waals surface area contributed by atoms with E-state index >= 15 is 0 Å². The Morgan fingerprint density at radius 1 is 0.923 bits per heavy atom. The van der Waals surface area contributed by atoms with Gasteiger partial charge in [0, 0.05) is 0 Å². The van der Waals surface area contributed by atoms with E-state index in [1.807, 2.05) is 0 Å². The van der Waals surface area contributed by atoms with E-state index in [0.29, 0.717) is 0 Å². The lowest BCUT2D eigenvalue weighted by Gasteiger charge is -2.39. The Bertz CT molecular complexity index is 147. The molecule has 2 rings (SSSR count). The van der Waals surface area contributed by atoms with Crippen molar-refractivity contribution in [1.82, 2.24) is 0 Å². The second-order valence-corrected chi connectivity index (χ2v) is 5.26. The van der Waals surface area contributed by atoms with Crippen molar-refractivity contribution in [1.29, 1.82) is 0 Å². The van der Waals surface area contributed by atoms with Gasteiger partial charge in [0.25, 0.3) is 0 Å². The smallest absolute Gasteiger partial charge is 0.0272 e. The fourth-order valence-electron chi connectivity index (χ4n) is 3.84. The summed E-state index contributed by atoms with van der Waals surface area (Å²) in [6.07, 6.45) is 15.2. The van der Waals surface area contributed by atoms with E-state index in [4.69, 9.17) is 0 Å². The summed E-state index contributed by atoms with van der Waals surface area (Å²) in [6.45, 7) is 2.43. The van der Waals surface area contributed by atoms with Crippen LogP contribution in [0.1, 0.15) is 71.1 Å². The van der Waals surface area contributed by atoms with E-state index in [1.54, 1.807) is 25.7 Å². The molecular formula is C13H24. The van der Waals surface area contributed by atoms with Gasteiger partial charge in [-0.15, -0.1) is 0 Å². The molecule has 0 atom stereocenters. The second-order valence-electron chi connectivity index (χ2n) is 5.26. The molecule has 2 aliphatic carbocycles. The summed E-state index contributed by atoms with van der Waals surface area (Å²) in [5.74, 6) is 1.11. The molecule has 0 aromatic carbocycles. The van der Waals surface area contributed by atoms with E-state index in [2.05, 4.69) is 6.92 Å². The van der Waals surface area contributed by atoms with E-state index in [-0.39, 0.29) is 0 Å². The average molecular weight is 180 g/mol. The molecule has 0 nitrogen and oxygen atoms in total. The fraction of sp³-hybridized carbons (Fsp3) is 1.00. The third-order valence-electron chi connectivity index (χ3n) is 4.77. The van der Waals surface area contributed by atoms with Crippen LogP contribution in [-0.2, 0) is 0 Å². The van der Waals surface area contributed by atoms with E-state index in [1.165, 1.54) is 38.5 Å². The first kappa shape index (κ1) is 9.55. The molecule has 13 heavy (non-hydrogen) atoms. The highest BCUT2D eigenvalue weighted by Crippen LogP contribution is 2.51. The minimum absolute atomic E-state index is 0.806. The minimum Gasteiger partial charge on any atom is -0.0648 e. The topological polar surface area (TPSA) is 0 Å². The molecule has 0 aromatic rings. The Labute approximate surface area is 83.1 Å². The first-order valence-electron chi connectivity index (χ1n) is 6.37. The molecule has 2 aliphatic rings. The first-order valence-corrected chi connectivity index (χ1v) is 6.37. The highest BCUT2D eigenvalue weighted by Gasteiger charge is 2.39. The maximum absolute atomic E-state index is 2.43. The monoisotopic (exact) mass is 180 g/mol. The Hall–Kier alpha value is 0. The molecule has 0 amide bonds. The highest BCUT2D eigenvalue weighted by molar-refractivity contribution is 4.90. The van der Waals surface area contributed by atoms with Crippen molar-refractivity contribution in [3.8, 4) is 0 Å². The van der Waals surface area contributed by atoms with E-state index in [9.17, 15) is 0 Å². The van der Waals surface area contributed by atoms with Gasteiger partial charge in [0.05, 0.1) is 0 Å². The van der Waals surface area contributed by atoms with Gasteiger partial charge in [0.1, 0.15) is 0 Å². The zero-order valence-corrected chi connectivity index (χ0v) is 9.15. The Morgan fingerprint density at radius 3 is 2.08 bits per heavy atom. The summed E-state index contributed by atoms with van der Waals surface area (Å²) in [7, 11) is 0. The molecule has 76 valence electrons. The maximum atomic E-state index is 2.43. The average Bonchev–Trinajstić information content (AvgIpc) is 2.69. The van der Waals surface area contributed by atoms with Gasteiger partial charge >= 0.3 is 0 Å². The van der Waals surface area contributed by atoms with Crippen LogP contribution in [0.25, 0.3) is 0 Å². The predicted molar refractivity (Wildman–Crippen MR) is 57.8 cm³/mol. The van der Waals surface area contributed by atoms with Crippen LogP contribution >= 0.6 is 0 Å². The van der Waals surface area contributed by atoms with Gasteiger partial charge < -0.3 is 0 Å². The van der Waals surface area contributed by atoms with Gasteiger partial charge in [-0.05, 0) is 37.0 Å². The van der Waals surface area contributed by atoms with Crippen LogP contribution in [-0.4, -0.2) is 0 Å². The van der Waals surface area contributed by atoms with Crippen molar-refractivity contribution < 1.29 is 0 Å². The summed E-state index contributed by atoms with van der Waals surface area (Å²) in [5.41, 5.74) is 0.806. The molecule has 0 aromatic heterocycles. The van der Waals surface area contributed by atoms with Crippen molar-refractivity contribution in [2.45, 2.75) is 71.1 Å². The first-order chi connectivity index (χ1) is 6.37. The molecule has 0 heterocycles. The second kappa shape index (κ2) is 4.02. The van der Waals surface area contributed by atoms with Crippen LogP contribution in [0.3, 0.4) is 0 Å². The van der Waals surface area contributed by atoms with E-state index in [0.717, 1.165) is 11.3 Å². The van der Waals surface area contributed by atoms with Gasteiger partial charge in [0.2, 0.25) is 0 Å². The van der Waals surface area contributed by atoms with Crippen molar-refractivity contribution >= 4 is 0 Å². The normalized spacial score (nSPS) is 29.3. The van der Waals surface area contributed by atoms with Gasteiger partial charge in [-0.1, -0.05) is 45.4 Å². The molecule has 0 N–H and O–H groups in total. The van der Waals surface area contributed by atoms with Crippen LogP contribution in [0.15, 0.2) is 0 Å². The van der Waals surface area contributed by atoms with Crippen LogP contribution in [0.5, 0.6) is 0 Å². The summed E-state index contributed by atoms with van der Waals surface area (Å²) >= 11 is 0. The SMILES string of the molecule is CCC1(C2CCCCC2)CCCC1. The number of hydrogen-bond acceptors (Lipinski definition) is 0. The molecule has 2 saturated carbocycles. The highest BCUT2D eigenvalue weighted by atomic mass is 14.4. The zero-order chi connectivity index (χ0) is 9.15. The number of rotatable bonds is 2. The third-order valence-corrected chi connectivity index (χ3v) is 4.77. The molecular weight excluding hydrogens is 156 g/mol. The van der Waals surface area contributed by atoms with Gasteiger partial charge in [0.15, 0.2) is 0 Å². The lowest BCUT2D eigenvalue weighted by Crippen LogP contribution is -2.28. The van der Waals surface area contributed by atoms with Crippen LogP contribution in [0.4, 0.5) is 0 Å². The lowest BCUT2D eigenvalue weighted by molar-refractivity contribution is 0.116. The van der Waals surface area contributed by atoms with Crippen molar-refractivity contribution in [3.05, 3.63) is 0 Å². The van der Waals surface area contributed by atoms with Crippen molar-refractivity contribution in [2.75, 3.05) is 0 Å². The molecule has 0 spiro atoms. The van der Waals surface area contributed by atoms with Crippen molar-refractivity contribution in [2.24, 2.45) is 11.3 Å². The summed E-state index contributed by atoms with van der Waals surface area (Å²) in [6, 6.07) is 0. The third kappa shape index (κ3) is 1.78. The fourth-order valence-corrected chi connectivity index (χ4v) is 3.84. The Morgan fingerprint density at radius 2 is 1.54 bits per heavy atom. The van der Waals surface area contributed by atoms with Crippen molar-refractivity contribution in [3.63, 3.8) is 0 Å². The van der Waals surface area contributed by atoms with Gasteiger partial charge in [-0.25, -0.2) is 0 Å². The molecule has 0 heteroatoms. The van der Waals surface area contributed by atoms with Crippen LogP contribution < -0.4 is 0 Å². The Balaban J connectivity index is 2.01. The van der Waals surface area contributed by atoms with E-state index < -0.39 is 0 Å². The maximum Gasteiger partial charge on any atom is -0.0272 e. The summed E-state index contributed by atoms with van der Waals surface area (Å²) < 4.78 is 0. The largest absolute Gasteiger partial charge is 0.0648 e. The quantitative estimate of drug-likeness (QED) is 0.585. The molecule has 0 radical (unpaired) electrons. The predicted octanol–water partition coefficient (Wildman–Crippen LogP) is 4.54. The molecule has 0 aliphatic heterocycles. The molecule has 0 unspecified atom stereocenters. The molecule has 0 saturated heterocycles. The molecule has 2 fully saturated rings. The molecule has 0 bridgehead atoms. The van der Waals surface area contributed by atoms with Crippen LogP contribution in [0.2, 0.25) is 0 Å². The van der Waals surface area contributed by atoms with Gasteiger partial charge in [-0.3, -0.25) is 0 Å². The lowest BCUT2D eigenvalue weighted by atomic mass is 9.66. The standard InChI is InChI=1S/C13H24/c1-2-13(10-6-7-11-13)12-8-4-3-5-9-12/h12H,2-11H2,1H3. The minimum atomic E-state index is 0.806. The zero-order valence-electron chi connectivity index (χ0n) is 9.15. The summed E-state index contributed by atoms with van der Waals surface area (Å²) in [4.78, 5) is 0. The summed E-state index contributed by atoms with van der Waals surface area (Å²) in [5, 5.41) is 0. The Kier molecular flexibility index (Phi) is 2.96.